The van der Waals surface area contributed by atoms with Crippen LogP contribution in [0.25, 0.3) is 0 Å². The molecule has 5 heteroatoms. The summed E-state index contributed by atoms with van der Waals surface area (Å²) in [4.78, 5) is 21.6. The average molecular weight is 236 g/mol. The monoisotopic (exact) mass is 236 g/mol. The van der Waals surface area contributed by atoms with Crippen LogP contribution in [0.15, 0.2) is 24.3 Å². The molecule has 92 valence electrons. The van der Waals surface area contributed by atoms with Gasteiger partial charge in [-0.15, -0.1) is 0 Å². The molecule has 0 aliphatic carbocycles. The quantitative estimate of drug-likeness (QED) is 0.718. The van der Waals surface area contributed by atoms with Gasteiger partial charge in [0.25, 0.3) is 0 Å². The van der Waals surface area contributed by atoms with Crippen molar-refractivity contribution in [2.45, 2.75) is 19.9 Å². The summed E-state index contributed by atoms with van der Waals surface area (Å²) in [7, 11) is 0. The standard InChI is InChI=1S/C12H16N2O3/c1-7(12(16)17)8(2)14-10-5-3-9(4-6-10)11(13)15/h3-8,14H,1-2H3,(H2,13,15)(H,16,17). The highest BCUT2D eigenvalue weighted by molar-refractivity contribution is 5.93. The minimum absolute atomic E-state index is 0.202. The number of rotatable bonds is 5. The zero-order valence-corrected chi connectivity index (χ0v) is 9.81. The molecule has 2 unspecified atom stereocenters. The van der Waals surface area contributed by atoms with E-state index in [1.54, 1.807) is 38.1 Å². The van der Waals surface area contributed by atoms with Gasteiger partial charge >= 0.3 is 5.97 Å². The second kappa shape index (κ2) is 5.34. The number of aliphatic carboxylic acids is 1. The van der Waals surface area contributed by atoms with Crippen LogP contribution in [-0.2, 0) is 4.79 Å². The van der Waals surface area contributed by atoms with Gasteiger partial charge in [-0.25, -0.2) is 0 Å². The first kappa shape index (κ1) is 13.0. The summed E-state index contributed by atoms with van der Waals surface area (Å²) in [5.41, 5.74) is 6.30. The van der Waals surface area contributed by atoms with Crippen LogP contribution in [0.2, 0.25) is 0 Å². The predicted molar refractivity (Wildman–Crippen MR) is 64.8 cm³/mol. The zero-order valence-electron chi connectivity index (χ0n) is 9.81. The van der Waals surface area contributed by atoms with Crippen LogP contribution >= 0.6 is 0 Å². The molecule has 0 aromatic heterocycles. The molecule has 0 aliphatic heterocycles. The number of carboxylic acids is 1. The van der Waals surface area contributed by atoms with Crippen molar-refractivity contribution in [3.8, 4) is 0 Å². The third kappa shape index (κ3) is 3.48. The molecule has 17 heavy (non-hydrogen) atoms. The molecule has 1 amide bonds. The number of carboxylic acid groups (broad SMARTS) is 1. The molecular weight excluding hydrogens is 220 g/mol. The van der Waals surface area contributed by atoms with Gasteiger partial charge in [-0.2, -0.15) is 0 Å². The normalized spacial score (nSPS) is 13.8. The van der Waals surface area contributed by atoms with E-state index in [1.807, 2.05) is 0 Å². The highest BCUT2D eigenvalue weighted by Gasteiger charge is 2.18. The maximum absolute atomic E-state index is 10.9. The number of carbonyl (C=O) groups excluding carboxylic acids is 1. The molecule has 0 aliphatic rings. The Morgan fingerprint density at radius 2 is 1.76 bits per heavy atom. The van der Waals surface area contributed by atoms with E-state index >= 15 is 0 Å². The third-order valence-corrected chi connectivity index (χ3v) is 2.70. The molecule has 1 aromatic carbocycles. The van der Waals surface area contributed by atoms with Crippen LogP contribution in [0.5, 0.6) is 0 Å². The van der Waals surface area contributed by atoms with Crippen molar-refractivity contribution in [3.05, 3.63) is 29.8 Å². The van der Waals surface area contributed by atoms with Gasteiger partial charge in [0, 0.05) is 17.3 Å². The molecule has 0 bridgehead atoms. The Bertz CT molecular complexity index is 414. The van der Waals surface area contributed by atoms with E-state index in [1.165, 1.54) is 0 Å². The lowest BCUT2D eigenvalue weighted by atomic mass is 10.0. The first-order valence-corrected chi connectivity index (χ1v) is 5.31. The number of hydrogen-bond acceptors (Lipinski definition) is 3. The Hall–Kier alpha value is -2.04. The van der Waals surface area contributed by atoms with Gasteiger partial charge < -0.3 is 16.2 Å². The number of anilines is 1. The molecule has 2 atom stereocenters. The lowest BCUT2D eigenvalue weighted by Gasteiger charge is -2.19. The van der Waals surface area contributed by atoms with Crippen molar-refractivity contribution in [2.24, 2.45) is 11.7 Å². The van der Waals surface area contributed by atoms with Gasteiger partial charge in [0.1, 0.15) is 0 Å². The van der Waals surface area contributed by atoms with Gasteiger partial charge in [-0.3, -0.25) is 9.59 Å². The maximum Gasteiger partial charge on any atom is 0.308 e. The Labute approximate surface area is 99.6 Å². The van der Waals surface area contributed by atoms with E-state index in [2.05, 4.69) is 5.32 Å². The van der Waals surface area contributed by atoms with Crippen LogP contribution in [0.4, 0.5) is 5.69 Å². The lowest BCUT2D eigenvalue weighted by molar-refractivity contribution is -0.141. The molecule has 0 heterocycles. The fourth-order valence-electron chi connectivity index (χ4n) is 1.33. The van der Waals surface area contributed by atoms with Gasteiger partial charge in [0.2, 0.25) is 5.91 Å². The van der Waals surface area contributed by atoms with Crippen molar-refractivity contribution in [3.63, 3.8) is 0 Å². The van der Waals surface area contributed by atoms with Gasteiger partial charge in [-0.05, 0) is 38.1 Å². The molecule has 0 radical (unpaired) electrons. The maximum atomic E-state index is 10.9. The Morgan fingerprint density at radius 1 is 1.24 bits per heavy atom. The van der Waals surface area contributed by atoms with Gasteiger partial charge in [-0.1, -0.05) is 0 Å². The Balaban J connectivity index is 2.69. The average Bonchev–Trinajstić information content (AvgIpc) is 2.28. The van der Waals surface area contributed by atoms with E-state index in [4.69, 9.17) is 10.8 Å². The molecule has 4 N–H and O–H groups in total. The molecule has 0 fully saturated rings. The smallest absolute Gasteiger partial charge is 0.308 e. The Morgan fingerprint density at radius 3 is 2.18 bits per heavy atom. The van der Waals surface area contributed by atoms with Crippen molar-refractivity contribution in [1.29, 1.82) is 0 Å². The number of carbonyl (C=O) groups is 2. The van der Waals surface area contributed by atoms with Crippen LogP contribution < -0.4 is 11.1 Å². The summed E-state index contributed by atoms with van der Waals surface area (Å²) in [6, 6.07) is 6.40. The van der Waals surface area contributed by atoms with Crippen molar-refractivity contribution in [1.82, 2.24) is 0 Å². The molecule has 0 spiro atoms. The van der Waals surface area contributed by atoms with E-state index in [-0.39, 0.29) is 6.04 Å². The fourth-order valence-corrected chi connectivity index (χ4v) is 1.33. The molecule has 1 aromatic rings. The fraction of sp³-hybridized carbons (Fsp3) is 0.333. The Kier molecular flexibility index (Phi) is 4.09. The molecule has 0 saturated carbocycles. The highest BCUT2D eigenvalue weighted by atomic mass is 16.4. The minimum atomic E-state index is -0.848. The third-order valence-electron chi connectivity index (χ3n) is 2.70. The van der Waals surface area contributed by atoms with Crippen LogP contribution in [-0.4, -0.2) is 23.0 Å². The highest BCUT2D eigenvalue weighted by Crippen LogP contribution is 2.14. The molecule has 5 nitrogen and oxygen atoms in total. The number of benzene rings is 1. The van der Waals surface area contributed by atoms with Crippen LogP contribution in [0.1, 0.15) is 24.2 Å². The summed E-state index contributed by atoms with van der Waals surface area (Å²) in [6.07, 6.45) is 0. The molecule has 1 rings (SSSR count). The van der Waals surface area contributed by atoms with Crippen molar-refractivity contribution < 1.29 is 14.7 Å². The van der Waals surface area contributed by atoms with Crippen molar-refractivity contribution in [2.75, 3.05) is 5.32 Å². The summed E-state index contributed by atoms with van der Waals surface area (Å²) in [5, 5.41) is 11.9. The van der Waals surface area contributed by atoms with E-state index in [9.17, 15) is 9.59 Å². The molecule has 0 saturated heterocycles. The topological polar surface area (TPSA) is 92.4 Å². The van der Waals surface area contributed by atoms with E-state index in [0.717, 1.165) is 5.69 Å². The summed E-state index contributed by atoms with van der Waals surface area (Å²) >= 11 is 0. The lowest BCUT2D eigenvalue weighted by Crippen LogP contribution is -2.29. The second-order valence-electron chi connectivity index (χ2n) is 4.00. The van der Waals surface area contributed by atoms with Crippen LogP contribution in [0, 0.1) is 5.92 Å². The zero-order chi connectivity index (χ0) is 13.0. The van der Waals surface area contributed by atoms with E-state index < -0.39 is 17.8 Å². The van der Waals surface area contributed by atoms with Crippen LogP contribution in [0.3, 0.4) is 0 Å². The van der Waals surface area contributed by atoms with Gasteiger partial charge in [0.05, 0.1) is 5.92 Å². The van der Waals surface area contributed by atoms with Gasteiger partial charge in [0.15, 0.2) is 0 Å². The first-order chi connectivity index (χ1) is 7.91. The first-order valence-electron chi connectivity index (χ1n) is 5.31. The summed E-state index contributed by atoms with van der Waals surface area (Å²) in [6.45, 7) is 3.43. The summed E-state index contributed by atoms with van der Waals surface area (Å²) < 4.78 is 0. The number of nitrogens with one attached hydrogen (secondary N) is 1. The predicted octanol–water partition coefficient (Wildman–Crippen LogP) is 1.31. The largest absolute Gasteiger partial charge is 0.481 e. The summed E-state index contributed by atoms with van der Waals surface area (Å²) in [5.74, 6) is -1.83. The number of amides is 1. The van der Waals surface area contributed by atoms with Crippen molar-refractivity contribution >= 4 is 17.6 Å². The number of nitrogens with two attached hydrogens (primary N) is 1. The number of hydrogen-bond donors (Lipinski definition) is 3. The number of primary amides is 1. The SMILES string of the molecule is CC(Nc1ccc(C(N)=O)cc1)C(C)C(=O)O. The minimum Gasteiger partial charge on any atom is -0.481 e. The molecular formula is C12H16N2O3. The van der Waals surface area contributed by atoms with E-state index in [0.29, 0.717) is 5.56 Å². The second-order valence-corrected chi connectivity index (χ2v) is 4.00.